The third kappa shape index (κ3) is 3.38. The number of carbonyl (C=O) groups excluding carboxylic acids is 1. The maximum atomic E-state index is 12.4. The summed E-state index contributed by atoms with van der Waals surface area (Å²) >= 11 is 0. The fourth-order valence-electron chi connectivity index (χ4n) is 2.41. The Balaban J connectivity index is 1.77. The highest BCUT2D eigenvalue weighted by Gasteiger charge is 2.09. The average molecular weight is 319 g/mol. The summed E-state index contributed by atoms with van der Waals surface area (Å²) in [5.74, 6) is 0.648. The van der Waals surface area contributed by atoms with Gasteiger partial charge in [0.05, 0.1) is 12.8 Å². The van der Waals surface area contributed by atoms with Gasteiger partial charge in [0.1, 0.15) is 11.5 Å². The zero-order chi connectivity index (χ0) is 16.9. The first-order chi connectivity index (χ1) is 11.7. The maximum absolute atomic E-state index is 12.4. The van der Waals surface area contributed by atoms with Gasteiger partial charge < -0.3 is 15.2 Å². The van der Waals surface area contributed by atoms with Crippen LogP contribution in [0.5, 0.6) is 11.5 Å². The van der Waals surface area contributed by atoms with Gasteiger partial charge in [-0.2, -0.15) is 0 Å². The summed E-state index contributed by atoms with van der Waals surface area (Å²) in [6.45, 7) is 0. The van der Waals surface area contributed by atoms with Gasteiger partial charge >= 0.3 is 0 Å². The predicted molar refractivity (Wildman–Crippen MR) is 94.5 cm³/mol. The maximum Gasteiger partial charge on any atom is 0.255 e. The molecule has 0 aliphatic rings. The summed E-state index contributed by atoms with van der Waals surface area (Å²) in [5, 5.41) is 12.2. The molecule has 24 heavy (non-hydrogen) atoms. The highest BCUT2D eigenvalue weighted by molar-refractivity contribution is 6.05. The van der Waals surface area contributed by atoms with Gasteiger partial charge in [-0.25, -0.2) is 0 Å². The number of phenolic OH excluding ortho intramolecular Hbond substituents is 1. The molecule has 3 aromatic carbocycles. The van der Waals surface area contributed by atoms with Crippen molar-refractivity contribution < 1.29 is 14.6 Å². The topological polar surface area (TPSA) is 58.6 Å². The Morgan fingerprint density at radius 1 is 0.875 bits per heavy atom. The molecule has 0 fully saturated rings. The molecule has 120 valence electrons. The van der Waals surface area contributed by atoms with Gasteiger partial charge in [0.15, 0.2) is 0 Å². The summed E-state index contributed by atoms with van der Waals surface area (Å²) in [4.78, 5) is 12.4. The van der Waals surface area contributed by atoms with Crippen LogP contribution in [0.1, 0.15) is 10.4 Å². The largest absolute Gasteiger partial charge is 0.508 e. The number of phenols is 1. The van der Waals surface area contributed by atoms with Gasteiger partial charge in [-0.15, -0.1) is 0 Å². The molecule has 2 N–H and O–H groups in total. The highest BCUT2D eigenvalue weighted by Crippen LogP contribution is 2.25. The van der Waals surface area contributed by atoms with Crippen LogP contribution in [0.4, 0.5) is 5.69 Å². The smallest absolute Gasteiger partial charge is 0.255 e. The molecule has 0 aromatic heterocycles. The number of anilines is 1. The molecule has 0 saturated heterocycles. The molecule has 0 bridgehead atoms. The summed E-state index contributed by atoms with van der Waals surface area (Å²) in [6, 6.07) is 21.5. The lowest BCUT2D eigenvalue weighted by Gasteiger charge is -2.10. The number of hydrogen-bond acceptors (Lipinski definition) is 3. The number of amides is 1. The summed E-state index contributed by atoms with van der Waals surface area (Å²) in [6.07, 6.45) is 0. The molecule has 3 rings (SSSR count). The van der Waals surface area contributed by atoms with Crippen molar-refractivity contribution in [2.45, 2.75) is 0 Å². The number of hydrogen-bond donors (Lipinski definition) is 2. The Bertz CT molecular complexity index is 840. The van der Waals surface area contributed by atoms with Crippen molar-refractivity contribution in [3.05, 3.63) is 78.4 Å². The fraction of sp³-hybridized carbons (Fsp3) is 0.0500. The number of carbonyl (C=O) groups is 1. The quantitative estimate of drug-likeness (QED) is 0.753. The van der Waals surface area contributed by atoms with E-state index in [9.17, 15) is 9.90 Å². The number of para-hydroxylation sites is 2. The Morgan fingerprint density at radius 2 is 1.46 bits per heavy atom. The normalized spacial score (nSPS) is 10.2. The number of rotatable bonds is 4. The van der Waals surface area contributed by atoms with Crippen LogP contribution >= 0.6 is 0 Å². The van der Waals surface area contributed by atoms with Crippen molar-refractivity contribution in [2.75, 3.05) is 12.4 Å². The zero-order valence-electron chi connectivity index (χ0n) is 13.2. The molecule has 0 atom stereocenters. The molecule has 4 nitrogen and oxygen atoms in total. The lowest BCUT2D eigenvalue weighted by atomic mass is 10.0. The van der Waals surface area contributed by atoms with E-state index >= 15 is 0 Å². The van der Waals surface area contributed by atoms with Crippen molar-refractivity contribution in [2.24, 2.45) is 0 Å². The zero-order valence-corrected chi connectivity index (χ0v) is 13.2. The van der Waals surface area contributed by atoms with Crippen LogP contribution in [0.25, 0.3) is 11.1 Å². The Labute approximate surface area is 140 Å². The van der Waals surface area contributed by atoms with Crippen molar-refractivity contribution in [1.29, 1.82) is 0 Å². The number of aromatic hydroxyl groups is 1. The van der Waals surface area contributed by atoms with E-state index in [4.69, 9.17) is 4.74 Å². The van der Waals surface area contributed by atoms with Crippen molar-refractivity contribution in [3.8, 4) is 22.6 Å². The van der Waals surface area contributed by atoms with Gasteiger partial charge in [0.25, 0.3) is 5.91 Å². The molecule has 4 heteroatoms. The van der Waals surface area contributed by atoms with E-state index in [1.807, 2.05) is 36.4 Å². The van der Waals surface area contributed by atoms with Crippen LogP contribution in [0.2, 0.25) is 0 Å². The molecule has 0 unspecified atom stereocenters. The third-order valence-corrected chi connectivity index (χ3v) is 3.70. The molecule has 0 aliphatic heterocycles. The number of ether oxygens (including phenoxy) is 1. The first kappa shape index (κ1) is 15.6. The SMILES string of the molecule is COc1ccccc1NC(=O)c1ccc(-c2ccc(O)cc2)cc1. The average Bonchev–Trinajstić information content (AvgIpc) is 2.63. The van der Waals surface area contributed by atoms with Gasteiger partial charge in [0, 0.05) is 5.56 Å². The second kappa shape index (κ2) is 6.87. The van der Waals surface area contributed by atoms with Crippen LogP contribution in [0, 0.1) is 0 Å². The molecule has 0 aliphatic carbocycles. The van der Waals surface area contributed by atoms with E-state index in [1.165, 1.54) is 0 Å². The van der Waals surface area contributed by atoms with E-state index in [0.717, 1.165) is 11.1 Å². The summed E-state index contributed by atoms with van der Waals surface area (Å²) in [5.41, 5.74) is 3.14. The lowest BCUT2D eigenvalue weighted by Crippen LogP contribution is -2.12. The molecule has 3 aromatic rings. The number of nitrogens with one attached hydrogen (secondary N) is 1. The Morgan fingerprint density at radius 3 is 2.08 bits per heavy atom. The first-order valence-electron chi connectivity index (χ1n) is 7.51. The Hall–Kier alpha value is -3.27. The van der Waals surface area contributed by atoms with Crippen LogP contribution in [0.15, 0.2) is 72.8 Å². The molecular formula is C20H17NO3. The van der Waals surface area contributed by atoms with E-state index < -0.39 is 0 Å². The molecule has 1 amide bonds. The first-order valence-corrected chi connectivity index (χ1v) is 7.51. The summed E-state index contributed by atoms with van der Waals surface area (Å²) in [7, 11) is 1.57. The predicted octanol–water partition coefficient (Wildman–Crippen LogP) is 4.32. The van der Waals surface area contributed by atoms with E-state index in [1.54, 1.807) is 43.5 Å². The van der Waals surface area contributed by atoms with Gasteiger partial charge in [-0.05, 0) is 47.5 Å². The number of methoxy groups -OCH3 is 1. The Kier molecular flexibility index (Phi) is 4.47. The van der Waals surface area contributed by atoms with Gasteiger partial charge in [-0.1, -0.05) is 36.4 Å². The molecule has 0 radical (unpaired) electrons. The fourth-order valence-corrected chi connectivity index (χ4v) is 2.41. The second-order valence-electron chi connectivity index (χ2n) is 5.28. The minimum atomic E-state index is -0.197. The van der Waals surface area contributed by atoms with Gasteiger partial charge in [0.2, 0.25) is 0 Å². The van der Waals surface area contributed by atoms with E-state index in [0.29, 0.717) is 17.0 Å². The molecule has 0 spiro atoms. The van der Waals surface area contributed by atoms with Crippen LogP contribution in [0.3, 0.4) is 0 Å². The van der Waals surface area contributed by atoms with Crippen molar-refractivity contribution in [3.63, 3.8) is 0 Å². The molecule has 0 saturated carbocycles. The van der Waals surface area contributed by atoms with Crippen LogP contribution in [-0.4, -0.2) is 18.1 Å². The van der Waals surface area contributed by atoms with Crippen LogP contribution < -0.4 is 10.1 Å². The second-order valence-corrected chi connectivity index (χ2v) is 5.28. The number of benzene rings is 3. The van der Waals surface area contributed by atoms with Crippen molar-refractivity contribution in [1.82, 2.24) is 0 Å². The van der Waals surface area contributed by atoms with Crippen LogP contribution in [-0.2, 0) is 0 Å². The minimum absolute atomic E-state index is 0.197. The minimum Gasteiger partial charge on any atom is -0.508 e. The highest BCUT2D eigenvalue weighted by atomic mass is 16.5. The monoisotopic (exact) mass is 319 g/mol. The van der Waals surface area contributed by atoms with Gasteiger partial charge in [-0.3, -0.25) is 4.79 Å². The molecular weight excluding hydrogens is 302 g/mol. The molecule has 0 heterocycles. The van der Waals surface area contributed by atoms with E-state index in [2.05, 4.69) is 5.32 Å². The van der Waals surface area contributed by atoms with Crippen molar-refractivity contribution >= 4 is 11.6 Å². The lowest BCUT2D eigenvalue weighted by molar-refractivity contribution is 0.102. The summed E-state index contributed by atoms with van der Waals surface area (Å²) < 4.78 is 5.23. The standard InChI is InChI=1S/C20H17NO3/c1-24-19-5-3-2-4-18(19)21-20(23)16-8-6-14(7-9-16)15-10-12-17(22)13-11-15/h2-13,22H,1H3,(H,21,23). The van der Waals surface area contributed by atoms with E-state index in [-0.39, 0.29) is 11.7 Å². The third-order valence-electron chi connectivity index (χ3n) is 3.70.